The van der Waals surface area contributed by atoms with Gasteiger partial charge in [-0.05, 0) is 12.5 Å². The number of likely N-dealkylation sites (tertiary alicyclic amines) is 1. The van der Waals surface area contributed by atoms with Gasteiger partial charge in [-0.25, -0.2) is 4.98 Å². The van der Waals surface area contributed by atoms with Crippen molar-refractivity contribution in [1.29, 1.82) is 0 Å². The van der Waals surface area contributed by atoms with Crippen LogP contribution in [-0.2, 0) is 11.3 Å². The van der Waals surface area contributed by atoms with Gasteiger partial charge in [0.05, 0.1) is 6.54 Å². The maximum absolute atomic E-state index is 12.9. The van der Waals surface area contributed by atoms with E-state index >= 15 is 0 Å². The van der Waals surface area contributed by atoms with E-state index in [2.05, 4.69) is 14.9 Å². The highest BCUT2D eigenvalue weighted by Crippen LogP contribution is 2.41. The zero-order chi connectivity index (χ0) is 17.6. The second-order valence-electron chi connectivity index (χ2n) is 7.26. The molecule has 0 saturated carbocycles. The normalized spacial score (nSPS) is 25.4. The Hall–Kier alpha value is -2.41. The number of likely N-dealkylation sites (N-methyl/N-ethyl adjacent to an activating group) is 1. The van der Waals surface area contributed by atoms with Crippen molar-refractivity contribution in [2.75, 3.05) is 27.2 Å². The van der Waals surface area contributed by atoms with Crippen molar-refractivity contribution in [3.63, 3.8) is 0 Å². The summed E-state index contributed by atoms with van der Waals surface area (Å²) < 4.78 is 1.74. The molecule has 1 saturated heterocycles. The number of nitrogens with zero attached hydrogens (tertiary/aromatic N) is 4. The highest BCUT2D eigenvalue weighted by Gasteiger charge is 2.44. The summed E-state index contributed by atoms with van der Waals surface area (Å²) in [6.07, 6.45) is 4.53. The van der Waals surface area contributed by atoms with E-state index in [0.717, 1.165) is 37.6 Å². The van der Waals surface area contributed by atoms with E-state index in [-0.39, 0.29) is 23.3 Å². The number of aromatic amines is 1. The van der Waals surface area contributed by atoms with Gasteiger partial charge in [-0.15, -0.1) is 0 Å². The third kappa shape index (κ3) is 2.78. The van der Waals surface area contributed by atoms with Crippen LogP contribution in [0.15, 0.2) is 35.4 Å². The summed E-state index contributed by atoms with van der Waals surface area (Å²) in [5.74, 6) is 1.34. The van der Waals surface area contributed by atoms with Gasteiger partial charge in [-0.3, -0.25) is 19.1 Å². The summed E-state index contributed by atoms with van der Waals surface area (Å²) >= 11 is 0. The average Bonchev–Trinajstić information content (AvgIpc) is 3.08. The molecule has 1 amide bonds. The summed E-state index contributed by atoms with van der Waals surface area (Å²) in [5.41, 5.74) is 0.903. The van der Waals surface area contributed by atoms with E-state index in [0.29, 0.717) is 0 Å². The number of carbonyl (C=O) groups excluding carboxylic acids is 1. The predicted octanol–water partition coefficient (Wildman–Crippen LogP) is 0.820. The fraction of sp³-hybridized carbons (Fsp3) is 0.500. The molecule has 0 spiro atoms. The lowest BCUT2D eigenvalue weighted by molar-refractivity contribution is -0.135. The van der Waals surface area contributed by atoms with E-state index in [1.807, 2.05) is 12.3 Å². The molecule has 0 aromatic carbocycles. The van der Waals surface area contributed by atoms with Crippen molar-refractivity contribution in [2.45, 2.75) is 24.9 Å². The van der Waals surface area contributed by atoms with Gasteiger partial charge in [-0.2, -0.15) is 0 Å². The lowest BCUT2D eigenvalue weighted by Gasteiger charge is -2.46. The largest absolute Gasteiger partial charge is 0.348 e. The molecular weight excluding hydrogens is 318 g/mol. The number of H-pyrrole nitrogens is 1. The molecular formula is C18H23N5O2. The zero-order valence-corrected chi connectivity index (χ0v) is 14.6. The van der Waals surface area contributed by atoms with Crippen LogP contribution in [0.1, 0.15) is 29.9 Å². The van der Waals surface area contributed by atoms with Gasteiger partial charge in [0.2, 0.25) is 5.91 Å². The van der Waals surface area contributed by atoms with Crippen LogP contribution in [0.25, 0.3) is 0 Å². The minimum absolute atomic E-state index is 0.00199. The molecule has 0 unspecified atom stereocenters. The molecule has 2 aliphatic rings. The molecule has 132 valence electrons. The number of hydrogen-bond acceptors (Lipinski definition) is 4. The van der Waals surface area contributed by atoms with E-state index in [1.165, 1.54) is 0 Å². The fourth-order valence-electron chi connectivity index (χ4n) is 4.34. The minimum atomic E-state index is -0.422. The first-order valence-corrected chi connectivity index (χ1v) is 8.68. The van der Waals surface area contributed by atoms with Gasteiger partial charge in [0.15, 0.2) is 0 Å². The van der Waals surface area contributed by atoms with Crippen LogP contribution < -0.4 is 5.56 Å². The van der Waals surface area contributed by atoms with E-state index in [9.17, 15) is 9.59 Å². The third-order valence-corrected chi connectivity index (χ3v) is 5.34. The SMILES string of the molecule is CN(C)C(=O)[C@H]1[C@H]2C[C@H](CN(Cc3ncc[nH]3)C2)c2cccc(=O)n21. The van der Waals surface area contributed by atoms with Gasteiger partial charge in [-0.1, -0.05) is 6.07 Å². The van der Waals surface area contributed by atoms with Crippen LogP contribution in [0.5, 0.6) is 0 Å². The Labute approximate surface area is 146 Å². The Balaban J connectivity index is 1.72. The van der Waals surface area contributed by atoms with Gasteiger partial charge in [0, 0.05) is 63.2 Å². The number of aromatic nitrogens is 3. The summed E-state index contributed by atoms with van der Waals surface area (Å²) in [6.45, 7) is 2.41. The Morgan fingerprint density at radius 1 is 1.36 bits per heavy atom. The van der Waals surface area contributed by atoms with Crippen molar-refractivity contribution in [3.8, 4) is 0 Å². The quantitative estimate of drug-likeness (QED) is 0.897. The summed E-state index contributed by atoms with van der Waals surface area (Å²) in [7, 11) is 3.51. The number of fused-ring (bicyclic) bond motifs is 4. The van der Waals surface area contributed by atoms with Gasteiger partial charge in [0.1, 0.15) is 11.9 Å². The number of nitrogens with one attached hydrogen (secondary N) is 1. The lowest BCUT2D eigenvalue weighted by Crippen LogP contribution is -2.53. The van der Waals surface area contributed by atoms with E-state index in [1.54, 1.807) is 41.9 Å². The second-order valence-corrected chi connectivity index (χ2v) is 7.26. The van der Waals surface area contributed by atoms with Crippen molar-refractivity contribution < 1.29 is 4.79 Å². The van der Waals surface area contributed by atoms with Crippen molar-refractivity contribution in [3.05, 3.63) is 52.5 Å². The molecule has 2 aromatic heterocycles. The number of piperidine rings is 1. The molecule has 2 bridgehead atoms. The fourth-order valence-corrected chi connectivity index (χ4v) is 4.34. The summed E-state index contributed by atoms with van der Waals surface area (Å²) in [4.78, 5) is 36.8. The smallest absolute Gasteiger partial charge is 0.251 e. The number of rotatable bonds is 3. The van der Waals surface area contributed by atoms with Crippen LogP contribution in [0, 0.1) is 5.92 Å². The molecule has 1 fully saturated rings. The molecule has 4 heterocycles. The highest BCUT2D eigenvalue weighted by atomic mass is 16.2. The molecule has 7 nitrogen and oxygen atoms in total. The summed E-state index contributed by atoms with van der Waals surface area (Å²) in [5, 5.41) is 0. The van der Waals surface area contributed by atoms with Crippen LogP contribution in [0.4, 0.5) is 0 Å². The highest BCUT2D eigenvalue weighted by molar-refractivity contribution is 5.80. The monoisotopic (exact) mass is 341 g/mol. The molecule has 1 N–H and O–H groups in total. The zero-order valence-electron chi connectivity index (χ0n) is 14.6. The lowest BCUT2D eigenvalue weighted by atomic mass is 9.78. The number of imidazole rings is 1. The van der Waals surface area contributed by atoms with Crippen LogP contribution >= 0.6 is 0 Å². The first-order chi connectivity index (χ1) is 12.0. The van der Waals surface area contributed by atoms with Crippen LogP contribution in [0.2, 0.25) is 0 Å². The molecule has 0 aliphatic carbocycles. The second kappa shape index (κ2) is 6.15. The molecule has 7 heteroatoms. The minimum Gasteiger partial charge on any atom is -0.348 e. The first kappa shape index (κ1) is 16.1. The predicted molar refractivity (Wildman–Crippen MR) is 93.1 cm³/mol. The topological polar surface area (TPSA) is 74.2 Å². The standard InChI is InChI=1S/C18H23N5O2/c1-21(2)18(25)17-13-8-12(14-4-3-5-16(24)23(14)17)9-22(10-13)11-15-19-6-7-20-15/h3-7,12-13,17H,8-11H2,1-2H3,(H,19,20)/t12-,13+,17-/m1/s1. The Kier molecular flexibility index (Phi) is 3.95. The molecule has 2 aliphatic heterocycles. The molecule has 25 heavy (non-hydrogen) atoms. The number of hydrogen-bond donors (Lipinski definition) is 1. The maximum Gasteiger partial charge on any atom is 0.251 e. The van der Waals surface area contributed by atoms with Crippen molar-refractivity contribution >= 4 is 5.91 Å². The summed E-state index contributed by atoms with van der Waals surface area (Å²) in [6, 6.07) is 4.93. The molecule has 3 atom stereocenters. The van der Waals surface area contributed by atoms with Crippen molar-refractivity contribution in [1.82, 2.24) is 24.3 Å². The van der Waals surface area contributed by atoms with Gasteiger partial charge in [0.25, 0.3) is 5.56 Å². The van der Waals surface area contributed by atoms with E-state index in [4.69, 9.17) is 0 Å². The maximum atomic E-state index is 12.9. The van der Waals surface area contributed by atoms with E-state index < -0.39 is 6.04 Å². The molecule has 4 rings (SSSR count). The van der Waals surface area contributed by atoms with Gasteiger partial charge < -0.3 is 9.88 Å². The Bertz CT molecular complexity index is 826. The molecule has 0 radical (unpaired) electrons. The molecule has 2 aromatic rings. The number of pyridine rings is 1. The van der Waals surface area contributed by atoms with Gasteiger partial charge >= 0.3 is 0 Å². The Morgan fingerprint density at radius 3 is 2.92 bits per heavy atom. The first-order valence-electron chi connectivity index (χ1n) is 8.68. The number of carbonyl (C=O) groups is 1. The van der Waals surface area contributed by atoms with Crippen molar-refractivity contribution in [2.24, 2.45) is 5.92 Å². The third-order valence-electron chi connectivity index (χ3n) is 5.34. The van der Waals surface area contributed by atoms with Crippen LogP contribution in [0.3, 0.4) is 0 Å². The Morgan fingerprint density at radius 2 is 2.20 bits per heavy atom. The number of amides is 1. The van der Waals surface area contributed by atoms with Crippen LogP contribution in [-0.4, -0.2) is 57.4 Å². The average molecular weight is 341 g/mol.